The van der Waals surface area contributed by atoms with Gasteiger partial charge in [0.25, 0.3) is 0 Å². The maximum absolute atomic E-state index is 11.4. The molecule has 0 atom stereocenters. The fraction of sp³-hybridized carbons (Fsp3) is 0.136. The van der Waals surface area contributed by atoms with Crippen LogP contribution in [0.25, 0.3) is 16.7 Å². The van der Waals surface area contributed by atoms with E-state index in [0.29, 0.717) is 5.56 Å². The van der Waals surface area contributed by atoms with Gasteiger partial charge in [-0.25, -0.2) is 9.98 Å². The van der Waals surface area contributed by atoms with Gasteiger partial charge in [-0.3, -0.25) is 9.36 Å². The van der Waals surface area contributed by atoms with E-state index in [0.717, 1.165) is 39.5 Å². The second-order valence-electron chi connectivity index (χ2n) is 6.79. The van der Waals surface area contributed by atoms with Gasteiger partial charge in [-0.2, -0.15) is 0 Å². The van der Waals surface area contributed by atoms with Crippen LogP contribution < -0.4 is 9.98 Å². The van der Waals surface area contributed by atoms with Gasteiger partial charge in [0, 0.05) is 18.0 Å². The Bertz CT molecular complexity index is 1200. The highest BCUT2D eigenvalue weighted by Crippen LogP contribution is 2.31. The number of carboxylic acid groups (broad SMARTS) is 1. The van der Waals surface area contributed by atoms with Crippen LogP contribution >= 0.6 is 0 Å². The number of allylic oxidation sites excluding steroid dienone is 1. The van der Waals surface area contributed by atoms with Crippen LogP contribution in [-0.4, -0.2) is 32.3 Å². The molecule has 0 unspecified atom stereocenters. The van der Waals surface area contributed by atoms with Crippen molar-refractivity contribution in [1.29, 1.82) is 0 Å². The molecular weight excluding hydrogens is 354 g/mol. The van der Waals surface area contributed by atoms with Crippen molar-refractivity contribution in [3.63, 3.8) is 0 Å². The molecule has 0 saturated carbocycles. The molecule has 1 aromatic heterocycles. The third kappa shape index (κ3) is 3.06. The van der Waals surface area contributed by atoms with Gasteiger partial charge in [-0.05, 0) is 42.8 Å². The Hall–Kier alpha value is -3.76. The van der Waals surface area contributed by atoms with Crippen molar-refractivity contribution in [2.45, 2.75) is 20.3 Å². The first-order valence-corrected chi connectivity index (χ1v) is 8.95. The maximum Gasteiger partial charge on any atom is 0.381 e. The zero-order valence-corrected chi connectivity index (χ0v) is 15.6. The summed E-state index contributed by atoms with van der Waals surface area (Å²) in [5, 5.41) is 23.4. The van der Waals surface area contributed by atoms with Gasteiger partial charge in [0.15, 0.2) is 0 Å². The minimum absolute atomic E-state index is 0.108. The number of phenolic OH excluding ortho intramolecular Hbond substituents is 1. The van der Waals surface area contributed by atoms with Crippen molar-refractivity contribution in [2.24, 2.45) is 0 Å². The van der Waals surface area contributed by atoms with E-state index >= 15 is 0 Å². The van der Waals surface area contributed by atoms with Gasteiger partial charge in [0.2, 0.25) is 11.5 Å². The lowest BCUT2D eigenvalue weighted by molar-refractivity contribution is -0.136. The zero-order chi connectivity index (χ0) is 19.8. The summed E-state index contributed by atoms with van der Waals surface area (Å²) in [5.74, 6) is 0.716. The molecule has 2 heterocycles. The smallest absolute Gasteiger partial charge is 0.381 e. The van der Waals surface area contributed by atoms with Crippen LogP contribution in [-0.2, 0) is 11.2 Å². The van der Waals surface area contributed by atoms with Gasteiger partial charge >= 0.3 is 11.8 Å². The minimum Gasteiger partial charge on any atom is -0.508 e. The average molecular weight is 374 g/mol. The summed E-state index contributed by atoms with van der Waals surface area (Å²) in [4.78, 5) is 11.4. The summed E-state index contributed by atoms with van der Waals surface area (Å²) in [6, 6.07) is 14.8. The van der Waals surface area contributed by atoms with E-state index in [1.54, 1.807) is 18.2 Å². The van der Waals surface area contributed by atoms with E-state index in [9.17, 15) is 15.0 Å². The topological polar surface area (TPSA) is 88.6 Å². The normalized spacial score (nSPS) is 13.6. The molecule has 0 bridgehead atoms. The number of nitrogens with one attached hydrogen (secondary N) is 1. The molecule has 0 amide bonds. The number of carbonyl (C=O) groups is 1. The number of aliphatic carboxylic acids is 1. The third-order valence-corrected chi connectivity index (χ3v) is 4.81. The number of benzene rings is 2. The van der Waals surface area contributed by atoms with Crippen molar-refractivity contribution in [3.8, 4) is 5.75 Å². The molecule has 0 fully saturated rings. The summed E-state index contributed by atoms with van der Waals surface area (Å²) >= 11 is 0. The number of rotatable bonds is 4. The number of hydrogen-bond donors (Lipinski definition) is 3. The number of aromatic nitrogens is 1. The predicted molar refractivity (Wildman–Crippen MR) is 110 cm³/mol. The fourth-order valence-corrected chi connectivity index (χ4v) is 3.60. The fourth-order valence-electron chi connectivity index (χ4n) is 3.60. The quantitative estimate of drug-likeness (QED) is 0.613. The number of fused-ring (bicyclic) bond motifs is 1. The highest BCUT2D eigenvalue weighted by atomic mass is 16.4. The number of hydrogen-bond acceptors (Lipinski definition) is 3. The molecule has 140 valence electrons. The molecule has 0 spiro atoms. The van der Waals surface area contributed by atoms with E-state index in [1.165, 1.54) is 0 Å². The van der Waals surface area contributed by atoms with Crippen molar-refractivity contribution in [3.05, 3.63) is 71.4 Å². The molecule has 4 rings (SSSR count). The largest absolute Gasteiger partial charge is 0.508 e. The van der Waals surface area contributed by atoms with Crippen molar-refractivity contribution >= 4 is 34.2 Å². The standard InChI is InChI=1S/C22H19N3O3/c1-13-10-20(24-22(23-13)15-6-4-3-5-7-15)25-14(2)17(12-21(27)28)18-11-16(26)8-9-19(18)25/h3-11H,12H2,1-2H3,(H2,26,27,28)/p+1. The molecule has 3 N–H and O–H groups in total. The SMILES string of the molecule is CC1=[N+]=C(c2ccccc2)NC(n2c(C)c(CC(=O)O)c3cc(O)ccc32)=C1. The summed E-state index contributed by atoms with van der Waals surface area (Å²) in [6.07, 6.45) is 1.81. The lowest BCUT2D eigenvalue weighted by atomic mass is 10.1. The molecule has 6 heteroatoms. The van der Waals surface area contributed by atoms with Crippen LogP contribution in [0.5, 0.6) is 5.75 Å². The summed E-state index contributed by atoms with van der Waals surface area (Å²) in [5.41, 5.74) is 4.12. The lowest BCUT2D eigenvalue weighted by Crippen LogP contribution is -2.32. The van der Waals surface area contributed by atoms with Crippen LogP contribution in [0.3, 0.4) is 0 Å². The Morgan fingerprint density at radius 2 is 1.89 bits per heavy atom. The lowest BCUT2D eigenvalue weighted by Gasteiger charge is -2.12. The van der Waals surface area contributed by atoms with Crippen molar-refractivity contribution in [2.75, 3.05) is 0 Å². The molecule has 3 aromatic rings. The van der Waals surface area contributed by atoms with Gasteiger partial charge in [-0.15, -0.1) is 0 Å². The Kier molecular flexibility index (Phi) is 4.26. The first kappa shape index (κ1) is 17.6. The number of nitrogens with zero attached hydrogens (tertiary/aromatic N) is 2. The molecule has 1 aliphatic rings. The number of carboxylic acids is 1. The van der Waals surface area contributed by atoms with Crippen molar-refractivity contribution in [1.82, 2.24) is 14.6 Å². The predicted octanol–water partition coefficient (Wildman–Crippen LogP) is 2.66. The number of phenols is 1. The van der Waals surface area contributed by atoms with E-state index in [-0.39, 0.29) is 12.2 Å². The Balaban J connectivity index is 1.88. The van der Waals surface area contributed by atoms with Crippen LogP contribution in [0.15, 0.2) is 54.6 Å². The summed E-state index contributed by atoms with van der Waals surface area (Å²) < 4.78 is 6.59. The second kappa shape index (κ2) is 6.76. The van der Waals surface area contributed by atoms with Gasteiger partial charge in [-0.1, -0.05) is 18.2 Å². The van der Waals surface area contributed by atoms with Crippen molar-refractivity contribution < 1.29 is 15.0 Å². The summed E-state index contributed by atoms with van der Waals surface area (Å²) in [7, 11) is 0. The van der Waals surface area contributed by atoms with Crippen LogP contribution in [0, 0.1) is 6.92 Å². The first-order chi connectivity index (χ1) is 13.4. The monoisotopic (exact) mass is 374 g/mol. The molecule has 0 saturated heterocycles. The number of amidine groups is 1. The molecule has 28 heavy (non-hydrogen) atoms. The maximum atomic E-state index is 11.4. The van der Waals surface area contributed by atoms with Gasteiger partial charge in [0.1, 0.15) is 5.75 Å². The Labute approximate surface area is 161 Å². The summed E-state index contributed by atoms with van der Waals surface area (Å²) in [6.45, 7) is 3.82. The molecule has 1 aliphatic heterocycles. The molecular formula is C22H20N3O3+. The Morgan fingerprint density at radius 1 is 1.14 bits per heavy atom. The van der Waals surface area contributed by atoms with Gasteiger partial charge in [0.05, 0.1) is 23.6 Å². The van der Waals surface area contributed by atoms with Gasteiger partial charge < -0.3 is 10.2 Å². The van der Waals surface area contributed by atoms with E-state index in [1.807, 2.05) is 54.8 Å². The van der Waals surface area contributed by atoms with E-state index in [2.05, 4.69) is 9.98 Å². The van der Waals surface area contributed by atoms with E-state index in [4.69, 9.17) is 0 Å². The Morgan fingerprint density at radius 3 is 2.61 bits per heavy atom. The second-order valence-corrected chi connectivity index (χ2v) is 6.79. The first-order valence-electron chi connectivity index (χ1n) is 8.95. The third-order valence-electron chi connectivity index (χ3n) is 4.81. The zero-order valence-electron chi connectivity index (χ0n) is 15.6. The van der Waals surface area contributed by atoms with Crippen LogP contribution in [0.1, 0.15) is 23.7 Å². The van der Waals surface area contributed by atoms with Crippen LogP contribution in [0.4, 0.5) is 0 Å². The highest BCUT2D eigenvalue weighted by molar-refractivity contribution is 6.12. The van der Waals surface area contributed by atoms with Crippen LogP contribution in [0.2, 0.25) is 0 Å². The van der Waals surface area contributed by atoms with E-state index < -0.39 is 5.97 Å². The average Bonchev–Trinajstić information content (AvgIpc) is 2.93. The molecule has 0 aliphatic carbocycles. The highest BCUT2D eigenvalue weighted by Gasteiger charge is 2.26. The molecule has 0 radical (unpaired) electrons. The molecule has 6 nitrogen and oxygen atoms in total. The molecule has 2 aromatic carbocycles. The minimum atomic E-state index is -0.912. The number of aromatic hydroxyl groups is 1.